The van der Waals surface area contributed by atoms with Crippen molar-refractivity contribution in [1.82, 2.24) is 9.55 Å². The number of carbonyl (C=O) groups is 1. The van der Waals surface area contributed by atoms with Crippen molar-refractivity contribution in [1.29, 1.82) is 0 Å². The van der Waals surface area contributed by atoms with Crippen molar-refractivity contribution in [3.05, 3.63) is 68.0 Å². The number of Topliss-reactive ketones (excluding diaryl/α,β-unsaturated/α-hetero) is 1. The molecule has 0 saturated heterocycles. The molecule has 98 valence electrons. The Morgan fingerprint density at radius 1 is 1.26 bits per heavy atom. The van der Waals surface area contributed by atoms with Crippen LogP contribution in [0.1, 0.15) is 21.5 Å². The van der Waals surface area contributed by atoms with Crippen molar-refractivity contribution in [3.8, 4) is 0 Å². The Hall–Kier alpha value is -2.43. The number of aromatic amines is 1. The molecule has 1 aromatic heterocycles. The largest absolute Gasteiger partial charge is 0.328 e. The van der Waals surface area contributed by atoms with Crippen molar-refractivity contribution in [2.75, 3.05) is 0 Å². The van der Waals surface area contributed by atoms with Gasteiger partial charge in [0.15, 0.2) is 5.78 Å². The third kappa shape index (κ3) is 2.88. The molecule has 19 heavy (non-hydrogen) atoms. The van der Waals surface area contributed by atoms with Gasteiger partial charge in [-0.1, -0.05) is 23.8 Å². The molecule has 0 radical (unpaired) electrons. The molecule has 0 spiro atoms. The molecule has 0 aliphatic heterocycles. The normalized spacial score (nSPS) is 10.4. The summed E-state index contributed by atoms with van der Waals surface area (Å²) >= 11 is 0. The maximum Gasteiger partial charge on any atom is 0.328 e. The molecule has 2 rings (SSSR count). The summed E-state index contributed by atoms with van der Waals surface area (Å²) in [5.74, 6) is -0.169. The fraction of sp³-hybridized carbons (Fsp3) is 0.214. The summed E-state index contributed by atoms with van der Waals surface area (Å²) in [5, 5.41) is 0. The number of nitrogens with zero attached hydrogens (tertiary/aromatic N) is 1. The highest BCUT2D eigenvalue weighted by molar-refractivity contribution is 5.96. The Bertz CT molecular complexity index is 741. The van der Waals surface area contributed by atoms with Crippen LogP contribution in [0.4, 0.5) is 0 Å². The number of rotatable bonds is 3. The first-order valence-corrected chi connectivity index (χ1v) is 5.87. The minimum atomic E-state index is -0.573. The van der Waals surface area contributed by atoms with Gasteiger partial charge in [-0.3, -0.25) is 19.1 Å². The minimum Gasteiger partial charge on any atom is -0.293 e. The van der Waals surface area contributed by atoms with E-state index in [0.717, 1.165) is 5.56 Å². The Balaban J connectivity index is 2.32. The summed E-state index contributed by atoms with van der Waals surface area (Å²) in [4.78, 5) is 37.1. The molecule has 0 saturated carbocycles. The average molecular weight is 258 g/mol. The quantitative estimate of drug-likeness (QED) is 0.836. The third-order valence-corrected chi connectivity index (χ3v) is 2.84. The highest BCUT2D eigenvalue weighted by Crippen LogP contribution is 2.05. The number of H-pyrrole nitrogens is 1. The fourth-order valence-electron chi connectivity index (χ4n) is 1.80. The summed E-state index contributed by atoms with van der Waals surface area (Å²) in [6.07, 6.45) is 1.40. The van der Waals surface area contributed by atoms with Crippen LogP contribution in [0.5, 0.6) is 0 Å². The van der Waals surface area contributed by atoms with E-state index in [1.807, 2.05) is 13.0 Å². The topological polar surface area (TPSA) is 71.9 Å². The zero-order valence-corrected chi connectivity index (χ0v) is 10.8. The van der Waals surface area contributed by atoms with Crippen LogP contribution in [0.3, 0.4) is 0 Å². The van der Waals surface area contributed by atoms with Crippen LogP contribution in [0.15, 0.2) is 40.1 Å². The van der Waals surface area contributed by atoms with Crippen LogP contribution in [0.2, 0.25) is 0 Å². The van der Waals surface area contributed by atoms with Crippen LogP contribution in [0.25, 0.3) is 0 Å². The van der Waals surface area contributed by atoms with E-state index < -0.39 is 11.2 Å². The van der Waals surface area contributed by atoms with Gasteiger partial charge in [0.2, 0.25) is 0 Å². The van der Waals surface area contributed by atoms with Gasteiger partial charge in [0.25, 0.3) is 5.56 Å². The smallest absolute Gasteiger partial charge is 0.293 e. The molecule has 0 unspecified atom stereocenters. The highest BCUT2D eigenvalue weighted by Gasteiger charge is 2.09. The van der Waals surface area contributed by atoms with Crippen molar-refractivity contribution in [2.45, 2.75) is 20.4 Å². The van der Waals surface area contributed by atoms with E-state index in [1.54, 1.807) is 25.1 Å². The number of carbonyl (C=O) groups excluding carboxylic acids is 1. The molecule has 0 aliphatic carbocycles. The summed E-state index contributed by atoms with van der Waals surface area (Å²) < 4.78 is 1.21. The van der Waals surface area contributed by atoms with Crippen LogP contribution in [0, 0.1) is 13.8 Å². The molecular formula is C14H14N2O3. The van der Waals surface area contributed by atoms with E-state index in [4.69, 9.17) is 0 Å². The molecule has 5 heteroatoms. The van der Waals surface area contributed by atoms with Crippen molar-refractivity contribution < 1.29 is 4.79 Å². The van der Waals surface area contributed by atoms with Crippen LogP contribution in [-0.2, 0) is 6.54 Å². The van der Waals surface area contributed by atoms with E-state index in [2.05, 4.69) is 4.98 Å². The first kappa shape index (κ1) is 13.0. The lowest BCUT2D eigenvalue weighted by Crippen LogP contribution is -2.32. The number of aromatic nitrogens is 2. The number of ketones is 1. The van der Waals surface area contributed by atoms with Gasteiger partial charge < -0.3 is 0 Å². The van der Waals surface area contributed by atoms with E-state index in [-0.39, 0.29) is 12.3 Å². The van der Waals surface area contributed by atoms with Crippen LogP contribution < -0.4 is 11.2 Å². The molecule has 1 heterocycles. The molecule has 0 aliphatic rings. The van der Waals surface area contributed by atoms with Gasteiger partial charge in [-0.25, -0.2) is 4.79 Å². The number of aryl methyl sites for hydroxylation is 2. The number of hydrogen-bond acceptors (Lipinski definition) is 3. The number of nitrogens with one attached hydrogen (secondary N) is 1. The highest BCUT2D eigenvalue weighted by atomic mass is 16.2. The van der Waals surface area contributed by atoms with Crippen LogP contribution in [-0.4, -0.2) is 15.3 Å². The lowest BCUT2D eigenvalue weighted by atomic mass is 10.1. The fourth-order valence-corrected chi connectivity index (χ4v) is 1.80. The van der Waals surface area contributed by atoms with E-state index in [1.165, 1.54) is 10.8 Å². The molecule has 0 fully saturated rings. The number of hydrogen-bond donors (Lipinski definition) is 1. The van der Waals surface area contributed by atoms with Gasteiger partial charge in [0.05, 0.1) is 6.54 Å². The molecule has 0 atom stereocenters. The summed E-state index contributed by atoms with van der Waals surface area (Å²) in [5.41, 5.74) is 0.934. The second kappa shape index (κ2) is 5.06. The van der Waals surface area contributed by atoms with Gasteiger partial charge in [-0.05, 0) is 19.9 Å². The van der Waals surface area contributed by atoms with Gasteiger partial charge >= 0.3 is 5.69 Å². The lowest BCUT2D eigenvalue weighted by molar-refractivity contribution is 0.0970. The molecule has 5 nitrogen and oxygen atoms in total. The zero-order valence-electron chi connectivity index (χ0n) is 10.8. The second-order valence-corrected chi connectivity index (χ2v) is 4.49. The molecular weight excluding hydrogens is 244 g/mol. The molecule has 2 aromatic rings. The van der Waals surface area contributed by atoms with Gasteiger partial charge in [-0.15, -0.1) is 0 Å². The van der Waals surface area contributed by atoms with Gasteiger partial charge in [0, 0.05) is 17.3 Å². The summed E-state index contributed by atoms with van der Waals surface area (Å²) in [6.45, 7) is 3.40. The maximum absolute atomic E-state index is 12.1. The Morgan fingerprint density at radius 2 is 2.00 bits per heavy atom. The van der Waals surface area contributed by atoms with Crippen LogP contribution >= 0.6 is 0 Å². The van der Waals surface area contributed by atoms with Crippen molar-refractivity contribution in [2.24, 2.45) is 0 Å². The SMILES string of the molecule is Cc1cccc(C(=O)Cn2cc(C)c(=O)[nH]c2=O)c1. The standard InChI is InChI=1S/C14H14N2O3/c1-9-4-3-5-11(6-9)12(17)8-16-7-10(2)13(18)15-14(16)19/h3-7H,8H2,1-2H3,(H,15,18,19). The first-order chi connectivity index (χ1) is 8.97. The van der Waals surface area contributed by atoms with Crippen molar-refractivity contribution in [3.63, 3.8) is 0 Å². The maximum atomic E-state index is 12.1. The van der Waals surface area contributed by atoms with Gasteiger partial charge in [0.1, 0.15) is 0 Å². The average Bonchev–Trinajstić information content (AvgIpc) is 2.36. The van der Waals surface area contributed by atoms with Gasteiger partial charge in [-0.2, -0.15) is 0 Å². The van der Waals surface area contributed by atoms with Crippen molar-refractivity contribution >= 4 is 5.78 Å². The Labute approximate surface area is 109 Å². The molecule has 0 amide bonds. The van der Waals surface area contributed by atoms with E-state index >= 15 is 0 Å². The predicted octanol–water partition coefficient (Wildman–Crippen LogP) is 1.04. The first-order valence-electron chi connectivity index (χ1n) is 5.87. The third-order valence-electron chi connectivity index (χ3n) is 2.84. The molecule has 1 aromatic carbocycles. The summed E-state index contributed by atoms with van der Waals surface area (Å²) in [7, 11) is 0. The zero-order chi connectivity index (χ0) is 14.0. The minimum absolute atomic E-state index is 0.0834. The number of benzene rings is 1. The molecule has 1 N–H and O–H groups in total. The van der Waals surface area contributed by atoms with E-state index in [0.29, 0.717) is 11.1 Å². The molecule has 0 bridgehead atoms. The predicted molar refractivity (Wildman–Crippen MR) is 71.6 cm³/mol. The summed E-state index contributed by atoms with van der Waals surface area (Å²) in [6, 6.07) is 7.17. The second-order valence-electron chi connectivity index (χ2n) is 4.49. The van der Waals surface area contributed by atoms with E-state index in [9.17, 15) is 14.4 Å². The Morgan fingerprint density at radius 3 is 2.68 bits per heavy atom. The monoisotopic (exact) mass is 258 g/mol. The Kier molecular flexibility index (Phi) is 3.46. The lowest BCUT2D eigenvalue weighted by Gasteiger charge is -2.06.